The summed E-state index contributed by atoms with van der Waals surface area (Å²) < 4.78 is 75.6. The molecule has 0 bridgehead atoms. The van der Waals surface area contributed by atoms with Gasteiger partial charge in [-0.2, -0.15) is 36.3 Å². The van der Waals surface area contributed by atoms with Crippen LogP contribution in [0.25, 0.3) is 0 Å². The van der Waals surface area contributed by atoms with Crippen LogP contribution in [0.4, 0.5) is 17.6 Å². The molecule has 1 N–H and O–H groups in total. The molecule has 0 radical (unpaired) electrons. The smallest absolute Gasteiger partial charge is 0.337 e. The van der Waals surface area contributed by atoms with Crippen LogP contribution in [0.2, 0.25) is 5.02 Å². The van der Waals surface area contributed by atoms with Gasteiger partial charge in [-0.05, 0) is 67.1 Å². The Labute approximate surface area is 262 Å². The zero-order chi connectivity index (χ0) is 29.2. The predicted molar refractivity (Wildman–Crippen MR) is 144 cm³/mol. The maximum atomic E-state index is 13.4. The first-order chi connectivity index (χ1) is 17.9. The van der Waals surface area contributed by atoms with Crippen molar-refractivity contribution in [2.75, 3.05) is 25.9 Å². The Morgan fingerprint density at radius 2 is 1.82 bits per heavy atom. The van der Waals surface area contributed by atoms with E-state index in [4.69, 9.17) is 11.6 Å². The molecule has 1 saturated heterocycles. The zero-order valence-corrected chi connectivity index (χ0v) is 28.4. The Morgan fingerprint density at radius 1 is 1.23 bits per heavy atom. The van der Waals surface area contributed by atoms with Gasteiger partial charge in [-0.25, -0.2) is 8.42 Å². The standard InChI is InChI=1S/C17H22ClF3N.C11H11FNO3S.U/c1-12(11-22-6-4-16(2,3)5-7-22)13-8-14(17(19,20)21)10-15(18)9-13;1-17(15,16)13-11(14)9-6-8(7-2-3-7)4-5-10(9)12;/h8-10,12H,2,4-7,11H2,1,3H3;5-7H,2-3H2,1H3,(H,13,14);/q2*-1;+2/t12-;;/m1../s1. The van der Waals surface area contributed by atoms with Crippen LogP contribution in [-0.4, -0.2) is 45.1 Å². The molecule has 1 saturated carbocycles. The Bertz CT molecular complexity index is 1290. The third-order valence-corrected chi connectivity index (χ3v) is 7.65. The second-order valence-corrected chi connectivity index (χ2v) is 13.1. The summed E-state index contributed by atoms with van der Waals surface area (Å²) in [5.41, 5.74) is 0.592. The van der Waals surface area contributed by atoms with Gasteiger partial charge >= 0.3 is 37.3 Å². The van der Waals surface area contributed by atoms with Crippen LogP contribution in [0.5, 0.6) is 0 Å². The van der Waals surface area contributed by atoms with Crippen LogP contribution < -0.4 is 4.72 Å². The summed E-state index contributed by atoms with van der Waals surface area (Å²) >= 11 is 5.86. The molecule has 5 nitrogen and oxygen atoms in total. The number of halogens is 5. The van der Waals surface area contributed by atoms with Gasteiger partial charge < -0.3 is 11.8 Å². The first-order valence-electron chi connectivity index (χ1n) is 12.6. The van der Waals surface area contributed by atoms with Gasteiger partial charge in [0.1, 0.15) is 0 Å². The van der Waals surface area contributed by atoms with E-state index >= 15 is 0 Å². The molecule has 1 heterocycles. The second kappa shape index (κ2) is 13.9. The van der Waals surface area contributed by atoms with Gasteiger partial charge in [0, 0.05) is 17.4 Å². The molecular formula is C28H33ClF4N2O3SU. The van der Waals surface area contributed by atoms with Gasteiger partial charge in [0.25, 0.3) is 0 Å². The average molecular weight is 827 g/mol. The number of piperidine rings is 1. The van der Waals surface area contributed by atoms with Gasteiger partial charge in [-0.15, -0.1) is 6.07 Å². The number of likely N-dealkylation sites (tertiary alicyclic amines) is 1. The predicted octanol–water partition coefficient (Wildman–Crippen LogP) is 6.59. The number of nitrogens with zero attached hydrogens (tertiary/aromatic N) is 1. The van der Waals surface area contributed by atoms with E-state index in [1.165, 1.54) is 12.1 Å². The summed E-state index contributed by atoms with van der Waals surface area (Å²) in [6.07, 6.45) is 0.510. The molecule has 2 fully saturated rings. The zero-order valence-electron chi connectivity index (χ0n) is 22.7. The Balaban J connectivity index is 0.000000282. The third-order valence-electron chi connectivity index (χ3n) is 6.87. The largest absolute Gasteiger partial charge is 2.00 e. The average Bonchev–Trinajstić information content (AvgIpc) is 3.64. The van der Waals surface area contributed by atoms with Crippen LogP contribution in [0.3, 0.4) is 0 Å². The van der Waals surface area contributed by atoms with Crippen molar-refractivity contribution in [2.45, 2.75) is 57.5 Å². The van der Waals surface area contributed by atoms with Crippen molar-refractivity contribution in [1.29, 1.82) is 0 Å². The number of carbonyl (C=O) groups excluding carboxylic acids is 1. The molecule has 12 heteroatoms. The molecule has 218 valence electrons. The number of nitrogens with one attached hydrogen (secondary N) is 1. The summed E-state index contributed by atoms with van der Waals surface area (Å²) in [4.78, 5) is 13.8. The number of sulfonamides is 1. The van der Waals surface area contributed by atoms with Crippen molar-refractivity contribution in [3.63, 3.8) is 0 Å². The SMILES string of the molecule is CS(=O)(=O)NC(=O)c1cc(C2CC2)[c-]cc1F.[CH2-]C1(C)CCN(C[C@@H](C)c2cc(Cl)cc(C(F)(F)F)c2)CC1.[U+2]. The number of carbonyl (C=O) groups is 1. The number of hydrogen-bond acceptors (Lipinski definition) is 4. The van der Waals surface area contributed by atoms with E-state index in [9.17, 15) is 30.8 Å². The minimum atomic E-state index is -4.36. The van der Waals surface area contributed by atoms with Crippen LogP contribution in [-0.2, 0) is 16.2 Å². The topological polar surface area (TPSA) is 66.5 Å². The van der Waals surface area contributed by atoms with E-state index in [1.807, 2.05) is 6.92 Å². The fraction of sp³-hybridized carbons (Fsp3) is 0.500. The molecular weight excluding hydrogens is 794 g/mol. The molecule has 2 aromatic carbocycles. The van der Waals surface area contributed by atoms with Gasteiger partial charge in [0.2, 0.25) is 15.9 Å². The van der Waals surface area contributed by atoms with Crippen LogP contribution in [0, 0.1) is 55.3 Å². The summed E-state index contributed by atoms with van der Waals surface area (Å²) in [6.45, 7) is 10.9. The minimum Gasteiger partial charge on any atom is -0.337 e. The monoisotopic (exact) mass is 826 g/mol. The molecule has 1 aliphatic carbocycles. The number of hydrogen-bond donors (Lipinski definition) is 1. The summed E-state index contributed by atoms with van der Waals surface area (Å²) in [5.74, 6) is -1.38. The molecule has 0 spiro atoms. The fourth-order valence-corrected chi connectivity index (χ4v) is 5.04. The number of amides is 1. The van der Waals surface area contributed by atoms with Crippen LogP contribution in [0.15, 0.2) is 30.3 Å². The van der Waals surface area contributed by atoms with Crippen molar-refractivity contribution in [3.05, 3.63) is 76.4 Å². The van der Waals surface area contributed by atoms with E-state index in [1.54, 1.807) is 10.8 Å². The maximum Gasteiger partial charge on any atom is 2.00 e. The third kappa shape index (κ3) is 10.9. The first kappa shape index (κ1) is 35.1. The summed E-state index contributed by atoms with van der Waals surface area (Å²) in [5, 5.41) is 0.139. The normalized spacial score (nSPS) is 18.1. The van der Waals surface area contributed by atoms with Gasteiger partial charge in [-0.3, -0.25) is 13.9 Å². The summed E-state index contributed by atoms with van der Waals surface area (Å²) in [6, 6.07) is 9.02. The van der Waals surface area contributed by atoms with Gasteiger partial charge in [-0.1, -0.05) is 38.3 Å². The Morgan fingerprint density at radius 3 is 2.35 bits per heavy atom. The van der Waals surface area contributed by atoms with Crippen molar-refractivity contribution in [1.82, 2.24) is 9.62 Å². The molecule has 2 aliphatic rings. The first-order valence-corrected chi connectivity index (χ1v) is 14.9. The van der Waals surface area contributed by atoms with Crippen LogP contribution in [0.1, 0.15) is 78.4 Å². The Hall–Kier alpha value is -1.12. The van der Waals surface area contributed by atoms with Crippen molar-refractivity contribution >= 4 is 27.5 Å². The molecule has 1 aliphatic heterocycles. The molecule has 0 aromatic heterocycles. The van der Waals surface area contributed by atoms with E-state index in [0.717, 1.165) is 69.3 Å². The number of benzene rings is 2. The quantitative estimate of drug-likeness (QED) is 0.264. The van der Waals surface area contributed by atoms with E-state index in [-0.39, 0.29) is 53.0 Å². The second-order valence-electron chi connectivity index (χ2n) is 10.9. The fourth-order valence-electron chi connectivity index (χ4n) is 4.35. The van der Waals surface area contributed by atoms with E-state index < -0.39 is 33.5 Å². The van der Waals surface area contributed by atoms with Crippen molar-refractivity contribution in [3.8, 4) is 0 Å². The molecule has 40 heavy (non-hydrogen) atoms. The number of rotatable bonds is 6. The molecule has 2 aromatic rings. The van der Waals surface area contributed by atoms with Crippen molar-refractivity contribution < 1.29 is 61.9 Å². The molecule has 1 atom stereocenters. The van der Waals surface area contributed by atoms with Gasteiger partial charge in [0.05, 0.1) is 11.8 Å². The summed E-state index contributed by atoms with van der Waals surface area (Å²) in [7, 11) is -3.68. The molecule has 1 amide bonds. The molecule has 4 rings (SSSR count). The minimum absolute atomic E-state index is 0. The molecule has 0 unspecified atom stereocenters. The van der Waals surface area contributed by atoms with E-state index in [2.05, 4.69) is 24.8 Å². The maximum absolute atomic E-state index is 13.4. The van der Waals surface area contributed by atoms with E-state index in [0.29, 0.717) is 11.5 Å². The van der Waals surface area contributed by atoms with Crippen molar-refractivity contribution in [2.24, 2.45) is 5.41 Å². The van der Waals surface area contributed by atoms with Crippen LogP contribution >= 0.6 is 11.6 Å². The van der Waals surface area contributed by atoms with Gasteiger partial charge in [0.15, 0.2) is 0 Å². The number of alkyl halides is 3. The Kier molecular flexibility index (Phi) is 12.2.